The number of piperidine rings is 1. The molecule has 0 atom stereocenters. The van der Waals surface area contributed by atoms with Crippen LogP contribution in [0, 0.1) is 5.92 Å². The smallest absolute Gasteiger partial charge is 0.342 e. The van der Waals surface area contributed by atoms with Crippen LogP contribution in [0.4, 0.5) is 5.69 Å². The van der Waals surface area contributed by atoms with Crippen LogP contribution < -0.4 is 15.2 Å². The molecule has 1 aromatic carbocycles. The Morgan fingerprint density at radius 3 is 2.70 bits per heavy atom. The minimum atomic E-state index is -0.485. The van der Waals surface area contributed by atoms with Gasteiger partial charge < -0.3 is 24.8 Å². The second kappa shape index (κ2) is 6.68. The molecule has 1 saturated heterocycles. The number of hydrogen-bond acceptors (Lipinski definition) is 6. The van der Waals surface area contributed by atoms with E-state index in [-0.39, 0.29) is 27.8 Å². The van der Waals surface area contributed by atoms with Crippen LogP contribution in [0.2, 0.25) is 5.02 Å². The number of carbonyl (C=O) groups excluding carboxylic acids is 1. The maximum atomic E-state index is 12.4. The fraction of sp³-hybridized carbons (Fsp3) is 0.438. The number of hydrogen-bond donors (Lipinski definition) is 1. The van der Waals surface area contributed by atoms with Crippen molar-refractivity contribution in [1.82, 2.24) is 4.90 Å². The molecule has 7 heteroatoms. The second-order valence-corrected chi connectivity index (χ2v) is 6.24. The van der Waals surface area contributed by atoms with Gasteiger partial charge in [0.25, 0.3) is 0 Å². The predicted molar refractivity (Wildman–Crippen MR) is 86.8 cm³/mol. The number of nitrogens with two attached hydrogens (primary N) is 1. The molecule has 23 heavy (non-hydrogen) atoms. The van der Waals surface area contributed by atoms with Crippen LogP contribution in [0.1, 0.15) is 23.2 Å². The summed E-state index contributed by atoms with van der Waals surface area (Å²) in [6.45, 7) is 2.43. The fourth-order valence-corrected chi connectivity index (χ4v) is 2.90. The summed E-state index contributed by atoms with van der Waals surface area (Å²) < 4.78 is 16.1. The first-order valence-electron chi connectivity index (χ1n) is 7.52. The predicted octanol–water partition coefficient (Wildman–Crippen LogP) is 2.66. The van der Waals surface area contributed by atoms with E-state index in [0.717, 1.165) is 25.9 Å². The molecule has 0 radical (unpaired) electrons. The minimum Gasteiger partial charge on any atom is -0.462 e. The highest BCUT2D eigenvalue weighted by Crippen LogP contribution is 2.43. The Morgan fingerprint density at radius 1 is 1.35 bits per heavy atom. The summed E-state index contributed by atoms with van der Waals surface area (Å²) in [4.78, 5) is 14.7. The molecule has 0 saturated carbocycles. The number of nitrogens with zero attached hydrogens (tertiary/aromatic N) is 1. The van der Waals surface area contributed by atoms with E-state index < -0.39 is 5.97 Å². The zero-order valence-corrected chi connectivity index (χ0v) is 13.6. The van der Waals surface area contributed by atoms with E-state index in [1.807, 2.05) is 0 Å². The maximum Gasteiger partial charge on any atom is 0.342 e. The van der Waals surface area contributed by atoms with Crippen molar-refractivity contribution in [1.29, 1.82) is 0 Å². The van der Waals surface area contributed by atoms with Gasteiger partial charge in [-0.3, -0.25) is 0 Å². The molecular weight excluding hydrogens is 319 g/mol. The summed E-state index contributed by atoms with van der Waals surface area (Å²) in [5.41, 5.74) is 6.30. The molecule has 2 aliphatic rings. The summed E-state index contributed by atoms with van der Waals surface area (Å²) in [6.07, 6.45) is 4.71. The normalized spacial score (nSPS) is 18.0. The number of esters is 1. The molecule has 2 heterocycles. The minimum absolute atomic E-state index is 0.219. The van der Waals surface area contributed by atoms with E-state index in [1.54, 1.807) is 0 Å². The van der Waals surface area contributed by atoms with Crippen molar-refractivity contribution in [2.45, 2.75) is 12.8 Å². The summed E-state index contributed by atoms with van der Waals surface area (Å²) in [6, 6.07) is 1.45. The molecule has 1 aromatic rings. The highest BCUT2D eigenvalue weighted by Gasteiger charge is 2.26. The number of nitrogen functional groups attached to an aromatic ring is 1. The molecule has 0 bridgehead atoms. The number of likely N-dealkylation sites (tertiary alicyclic amines) is 1. The van der Waals surface area contributed by atoms with Gasteiger partial charge in [0.15, 0.2) is 11.5 Å². The van der Waals surface area contributed by atoms with Gasteiger partial charge in [-0.25, -0.2) is 4.79 Å². The Bertz CT molecular complexity index is 639. The first-order chi connectivity index (χ1) is 11.1. The Hall–Kier alpha value is -1.92. The van der Waals surface area contributed by atoms with Crippen LogP contribution in [0.3, 0.4) is 0 Å². The fourth-order valence-electron chi connectivity index (χ4n) is 2.70. The molecule has 1 fully saturated rings. The summed E-state index contributed by atoms with van der Waals surface area (Å²) in [7, 11) is 2.09. The largest absolute Gasteiger partial charge is 0.462 e. The zero-order valence-electron chi connectivity index (χ0n) is 12.9. The summed E-state index contributed by atoms with van der Waals surface area (Å²) in [5, 5.41) is 0.230. The number of carbonyl (C=O) groups is 1. The lowest BCUT2D eigenvalue weighted by Crippen LogP contribution is -2.32. The number of benzene rings is 1. The molecule has 124 valence electrons. The maximum absolute atomic E-state index is 12.4. The first kappa shape index (κ1) is 16.0. The first-order valence-corrected chi connectivity index (χ1v) is 7.90. The molecule has 0 aromatic heterocycles. The Balaban J connectivity index is 1.72. The van der Waals surface area contributed by atoms with Gasteiger partial charge in [-0.15, -0.1) is 0 Å². The van der Waals surface area contributed by atoms with E-state index in [9.17, 15) is 4.79 Å². The second-order valence-electron chi connectivity index (χ2n) is 5.83. The van der Waals surface area contributed by atoms with Crippen molar-refractivity contribution in [2.75, 3.05) is 32.5 Å². The average Bonchev–Trinajstić information content (AvgIpc) is 2.57. The van der Waals surface area contributed by atoms with E-state index in [1.165, 1.54) is 18.6 Å². The molecule has 2 aliphatic heterocycles. The summed E-state index contributed by atoms with van der Waals surface area (Å²) in [5.74, 6) is 0.377. The lowest BCUT2D eigenvalue weighted by molar-refractivity contribution is 0.0380. The highest BCUT2D eigenvalue weighted by atomic mass is 35.5. The van der Waals surface area contributed by atoms with Gasteiger partial charge in [-0.05, 0) is 45.0 Å². The van der Waals surface area contributed by atoms with Crippen molar-refractivity contribution in [3.8, 4) is 11.5 Å². The highest BCUT2D eigenvalue weighted by molar-refractivity contribution is 6.34. The van der Waals surface area contributed by atoms with Crippen molar-refractivity contribution >= 4 is 23.3 Å². The third-order valence-electron chi connectivity index (χ3n) is 4.16. The number of fused-ring (bicyclic) bond motifs is 1. The molecule has 0 aliphatic carbocycles. The number of anilines is 1. The van der Waals surface area contributed by atoms with Gasteiger partial charge >= 0.3 is 5.97 Å². The monoisotopic (exact) mass is 337 g/mol. The van der Waals surface area contributed by atoms with E-state index >= 15 is 0 Å². The van der Waals surface area contributed by atoms with Crippen molar-refractivity contribution in [3.05, 3.63) is 29.2 Å². The van der Waals surface area contributed by atoms with Gasteiger partial charge in [0.1, 0.15) is 18.1 Å². The third-order valence-corrected chi connectivity index (χ3v) is 4.47. The molecule has 0 amide bonds. The Morgan fingerprint density at radius 2 is 2.00 bits per heavy atom. The average molecular weight is 338 g/mol. The van der Waals surface area contributed by atoms with Crippen molar-refractivity contribution < 1.29 is 19.0 Å². The van der Waals surface area contributed by atoms with Crippen LogP contribution in [0.15, 0.2) is 18.6 Å². The van der Waals surface area contributed by atoms with Crippen LogP contribution in [-0.2, 0) is 4.74 Å². The van der Waals surface area contributed by atoms with E-state index in [2.05, 4.69) is 11.9 Å². The SMILES string of the molecule is [11CH3]N1CCC(COC(=O)c2cc(Cl)c(N)c3c2OC=CO3)CC1. The summed E-state index contributed by atoms with van der Waals surface area (Å²) >= 11 is 6.06. The standard InChI is InChI=1S/C16H19ClN2O4/c1-19-4-2-10(3-5-19)9-23-16(20)11-8-12(17)13(18)15-14(11)21-6-7-22-15/h6-8,10H,2-5,9,18H2,1H3/i1-1. The number of ether oxygens (including phenoxy) is 3. The van der Waals surface area contributed by atoms with Gasteiger partial charge in [0.2, 0.25) is 0 Å². The number of rotatable bonds is 3. The van der Waals surface area contributed by atoms with Gasteiger partial charge in [-0.1, -0.05) is 11.6 Å². The van der Waals surface area contributed by atoms with Gasteiger partial charge in [0.05, 0.1) is 17.3 Å². The number of halogens is 1. The molecule has 2 N–H and O–H groups in total. The molecule has 0 spiro atoms. The molecule has 6 nitrogen and oxygen atoms in total. The Kier molecular flexibility index (Phi) is 4.63. The Labute approximate surface area is 139 Å². The lowest BCUT2D eigenvalue weighted by atomic mass is 9.97. The third kappa shape index (κ3) is 3.38. The van der Waals surface area contributed by atoms with Crippen LogP contribution in [0.25, 0.3) is 0 Å². The molecular formula is C16H19ClN2O4. The lowest BCUT2D eigenvalue weighted by Gasteiger charge is -2.28. The van der Waals surface area contributed by atoms with Crippen LogP contribution in [0.5, 0.6) is 11.5 Å². The van der Waals surface area contributed by atoms with E-state index in [4.69, 9.17) is 31.5 Å². The van der Waals surface area contributed by atoms with Crippen LogP contribution in [-0.4, -0.2) is 37.6 Å². The molecule has 3 rings (SSSR count). The zero-order chi connectivity index (χ0) is 16.4. The molecule has 0 unspecified atom stereocenters. The van der Waals surface area contributed by atoms with Gasteiger partial charge in [0, 0.05) is 0 Å². The van der Waals surface area contributed by atoms with Crippen molar-refractivity contribution in [3.63, 3.8) is 0 Å². The quantitative estimate of drug-likeness (QED) is 0.675. The van der Waals surface area contributed by atoms with Crippen LogP contribution >= 0.6 is 11.6 Å². The van der Waals surface area contributed by atoms with Gasteiger partial charge in [-0.2, -0.15) is 0 Å². The van der Waals surface area contributed by atoms with E-state index in [0.29, 0.717) is 12.5 Å². The van der Waals surface area contributed by atoms with Crippen molar-refractivity contribution in [2.24, 2.45) is 5.92 Å². The topological polar surface area (TPSA) is 74.0 Å².